The number of carbonyl (C=O) groups excluding carboxylic acids is 2. The summed E-state index contributed by atoms with van der Waals surface area (Å²) < 4.78 is 2.68. The minimum atomic E-state index is -1.07. The molecule has 0 fully saturated rings. The van der Waals surface area contributed by atoms with Crippen LogP contribution in [-0.4, -0.2) is 25.9 Å². The number of hydrogen-bond donors (Lipinski definition) is 0. The second-order valence-electron chi connectivity index (χ2n) is 8.19. The van der Waals surface area contributed by atoms with Crippen LogP contribution in [0.4, 0.5) is 0 Å². The Balaban J connectivity index is 3.70. The number of nitrogens with zero attached hydrogens (tertiary/aromatic N) is 5. The smallest absolute Gasteiger partial charge is 0.247 e. The van der Waals surface area contributed by atoms with Crippen molar-refractivity contribution in [2.24, 2.45) is 9.98 Å². The molecule has 1 rings (SSSR count). The van der Waals surface area contributed by atoms with Crippen molar-refractivity contribution in [3.63, 3.8) is 0 Å². The lowest BCUT2D eigenvalue weighted by atomic mass is 10.1. The maximum absolute atomic E-state index is 13.4. The molecule has 0 saturated carbocycles. The van der Waals surface area contributed by atoms with Gasteiger partial charge in [0.2, 0.25) is 12.2 Å². The van der Waals surface area contributed by atoms with Crippen molar-refractivity contribution in [3.8, 4) is 0 Å². The first kappa shape index (κ1) is 28.2. The van der Waals surface area contributed by atoms with Crippen molar-refractivity contribution in [3.05, 3.63) is 31.5 Å². The number of rotatable bonds is 17. The Kier molecular flexibility index (Phi) is 13.6. The highest BCUT2D eigenvalue weighted by Gasteiger charge is 2.25. The summed E-state index contributed by atoms with van der Waals surface area (Å²) in [6.07, 6.45) is 9.41. The van der Waals surface area contributed by atoms with Gasteiger partial charge in [-0.2, -0.15) is 9.98 Å². The highest BCUT2D eigenvalue weighted by Crippen LogP contribution is 2.16. The van der Waals surface area contributed by atoms with Crippen molar-refractivity contribution in [1.29, 1.82) is 0 Å². The lowest BCUT2D eigenvalue weighted by molar-refractivity contribution is 0.332. The van der Waals surface area contributed by atoms with E-state index in [-0.39, 0.29) is 19.4 Å². The van der Waals surface area contributed by atoms with Crippen LogP contribution in [0.3, 0.4) is 0 Å². The van der Waals surface area contributed by atoms with E-state index in [4.69, 9.17) is 0 Å². The third-order valence-electron chi connectivity index (χ3n) is 5.65. The van der Waals surface area contributed by atoms with Gasteiger partial charge in [0, 0.05) is 6.54 Å². The zero-order chi connectivity index (χ0) is 24.6. The molecule has 0 aliphatic rings. The van der Waals surface area contributed by atoms with Crippen LogP contribution in [-0.2, 0) is 16.1 Å². The SMILES string of the molecule is CCCCCCn1c(=O)n(C(CCCCC)N=C=O)c(=O)n(C(CCCCC)N=C=O)c1=O. The van der Waals surface area contributed by atoms with E-state index >= 15 is 0 Å². The summed E-state index contributed by atoms with van der Waals surface area (Å²) in [5, 5.41) is 0. The molecular formula is C23H37N5O5. The lowest BCUT2D eigenvalue weighted by Crippen LogP contribution is -2.56. The van der Waals surface area contributed by atoms with Crippen molar-refractivity contribution in [2.75, 3.05) is 0 Å². The maximum Gasteiger partial charge on any atom is 0.339 e. The van der Waals surface area contributed by atoms with E-state index in [0.717, 1.165) is 58.6 Å². The molecule has 2 atom stereocenters. The van der Waals surface area contributed by atoms with E-state index in [1.165, 1.54) is 12.2 Å². The van der Waals surface area contributed by atoms with Crippen LogP contribution in [0.1, 0.15) is 110 Å². The monoisotopic (exact) mass is 463 g/mol. The van der Waals surface area contributed by atoms with Gasteiger partial charge in [-0.1, -0.05) is 65.7 Å². The third-order valence-corrected chi connectivity index (χ3v) is 5.65. The van der Waals surface area contributed by atoms with Crippen LogP contribution >= 0.6 is 0 Å². The van der Waals surface area contributed by atoms with Gasteiger partial charge in [0.05, 0.1) is 0 Å². The van der Waals surface area contributed by atoms with Crippen LogP contribution < -0.4 is 17.1 Å². The van der Waals surface area contributed by atoms with Gasteiger partial charge in [0.25, 0.3) is 0 Å². The molecule has 0 amide bonds. The van der Waals surface area contributed by atoms with Gasteiger partial charge in [-0.3, -0.25) is 0 Å². The van der Waals surface area contributed by atoms with E-state index in [1.54, 1.807) is 0 Å². The molecular weight excluding hydrogens is 426 g/mol. The number of aromatic nitrogens is 3. The molecule has 184 valence electrons. The molecule has 33 heavy (non-hydrogen) atoms. The topological polar surface area (TPSA) is 125 Å². The van der Waals surface area contributed by atoms with Crippen LogP contribution in [0.2, 0.25) is 0 Å². The summed E-state index contributed by atoms with van der Waals surface area (Å²) in [7, 11) is 0. The quantitative estimate of drug-likeness (QED) is 0.198. The highest BCUT2D eigenvalue weighted by atomic mass is 16.2. The summed E-state index contributed by atoms with van der Waals surface area (Å²) in [5.41, 5.74) is -2.53. The van der Waals surface area contributed by atoms with E-state index in [9.17, 15) is 24.0 Å². The Hall–Kier alpha value is -2.83. The number of aliphatic imine (C=N–C) groups is 2. The number of isocyanates is 2. The average Bonchev–Trinajstić information content (AvgIpc) is 2.79. The largest absolute Gasteiger partial charge is 0.339 e. The lowest BCUT2D eigenvalue weighted by Gasteiger charge is -2.20. The fourth-order valence-corrected chi connectivity index (χ4v) is 3.80. The van der Waals surface area contributed by atoms with E-state index in [2.05, 4.69) is 16.9 Å². The molecule has 10 heteroatoms. The number of hydrogen-bond acceptors (Lipinski definition) is 7. The van der Waals surface area contributed by atoms with Gasteiger partial charge >= 0.3 is 17.1 Å². The second kappa shape index (κ2) is 15.9. The summed E-state index contributed by atoms with van der Waals surface area (Å²) in [6, 6.07) is 0. The molecule has 10 nitrogen and oxygen atoms in total. The fourth-order valence-electron chi connectivity index (χ4n) is 3.80. The summed E-state index contributed by atoms with van der Waals surface area (Å²) >= 11 is 0. The standard InChI is InChI=1S/C23H37N5O5/c1-4-7-10-13-16-26-21(31)27(19(24-17-29)14-11-8-5-2)23(33)28(22(26)32)20(25-18-30)15-12-9-6-3/h19-20H,4-16H2,1-3H3. The first-order valence-corrected chi connectivity index (χ1v) is 12.1. The summed E-state index contributed by atoms with van der Waals surface area (Å²) in [5.74, 6) is 0. The normalized spacial score (nSPS) is 12.6. The van der Waals surface area contributed by atoms with Crippen LogP contribution in [0, 0.1) is 0 Å². The molecule has 2 unspecified atom stereocenters. The van der Waals surface area contributed by atoms with Crippen LogP contribution in [0.25, 0.3) is 0 Å². The Morgan fingerprint density at radius 2 is 1.06 bits per heavy atom. The Labute approximate surface area is 194 Å². The minimum absolute atomic E-state index is 0.122. The zero-order valence-electron chi connectivity index (χ0n) is 20.1. The molecule has 0 spiro atoms. The van der Waals surface area contributed by atoms with Crippen molar-refractivity contribution in [2.45, 2.75) is 117 Å². The summed E-state index contributed by atoms with van der Waals surface area (Å²) in [6.45, 7) is 6.19. The predicted octanol–water partition coefficient (Wildman–Crippen LogP) is 3.58. The molecule has 0 N–H and O–H groups in total. The molecule has 0 aliphatic carbocycles. The van der Waals surface area contributed by atoms with Gasteiger partial charge in [-0.05, 0) is 32.1 Å². The Morgan fingerprint density at radius 3 is 1.45 bits per heavy atom. The van der Waals surface area contributed by atoms with Gasteiger partial charge in [0.15, 0.2) is 0 Å². The van der Waals surface area contributed by atoms with Gasteiger partial charge in [-0.15, -0.1) is 0 Å². The molecule has 1 aromatic rings. The van der Waals surface area contributed by atoms with Gasteiger partial charge in [0.1, 0.15) is 12.3 Å². The second-order valence-corrected chi connectivity index (χ2v) is 8.19. The highest BCUT2D eigenvalue weighted by molar-refractivity contribution is 5.33. The Bertz CT molecular complexity index is 926. The van der Waals surface area contributed by atoms with Gasteiger partial charge < -0.3 is 0 Å². The van der Waals surface area contributed by atoms with Crippen LogP contribution in [0.15, 0.2) is 24.4 Å². The zero-order valence-corrected chi connectivity index (χ0v) is 20.1. The molecule has 0 bridgehead atoms. The van der Waals surface area contributed by atoms with Crippen molar-refractivity contribution in [1.82, 2.24) is 13.7 Å². The maximum atomic E-state index is 13.4. The molecule has 0 aromatic carbocycles. The van der Waals surface area contributed by atoms with Crippen molar-refractivity contribution < 1.29 is 9.59 Å². The third kappa shape index (κ3) is 8.22. The predicted molar refractivity (Wildman–Crippen MR) is 126 cm³/mol. The molecule has 0 aliphatic heterocycles. The minimum Gasteiger partial charge on any atom is -0.247 e. The number of unbranched alkanes of at least 4 members (excludes halogenated alkanes) is 7. The fraction of sp³-hybridized carbons (Fsp3) is 0.783. The Morgan fingerprint density at radius 1 is 0.636 bits per heavy atom. The van der Waals surface area contributed by atoms with Gasteiger partial charge in [-0.25, -0.2) is 37.7 Å². The van der Waals surface area contributed by atoms with E-state index in [0.29, 0.717) is 19.3 Å². The van der Waals surface area contributed by atoms with E-state index < -0.39 is 29.4 Å². The molecule has 0 radical (unpaired) electrons. The first-order valence-electron chi connectivity index (χ1n) is 12.1. The molecule has 1 aromatic heterocycles. The summed E-state index contributed by atoms with van der Waals surface area (Å²) in [4.78, 5) is 69.4. The first-order chi connectivity index (χ1) is 16.0. The molecule has 0 saturated heterocycles. The molecule has 1 heterocycles. The van der Waals surface area contributed by atoms with Crippen molar-refractivity contribution >= 4 is 12.2 Å². The van der Waals surface area contributed by atoms with Crippen LogP contribution in [0.5, 0.6) is 0 Å². The van der Waals surface area contributed by atoms with E-state index in [1.807, 2.05) is 13.8 Å². The average molecular weight is 464 g/mol.